The zero-order valence-electron chi connectivity index (χ0n) is 8.66. The molecule has 0 aromatic carbocycles. The molecule has 1 heterocycles. The summed E-state index contributed by atoms with van der Waals surface area (Å²) in [7, 11) is 2.03. The van der Waals surface area contributed by atoms with E-state index in [-0.39, 0.29) is 0 Å². The van der Waals surface area contributed by atoms with Crippen molar-refractivity contribution < 1.29 is 0 Å². The highest BCUT2D eigenvalue weighted by Gasteiger charge is 2.27. The fraction of sp³-hybridized carbons (Fsp3) is 0.600. The summed E-state index contributed by atoms with van der Waals surface area (Å²) < 4.78 is 0. The summed E-state index contributed by atoms with van der Waals surface area (Å²) >= 11 is 1.72. The van der Waals surface area contributed by atoms with Crippen molar-refractivity contribution in [2.45, 2.75) is 25.7 Å². The molecule has 1 aromatic rings. The highest BCUT2D eigenvalue weighted by atomic mass is 32.1. The molecule has 14 heavy (non-hydrogen) atoms. The molecule has 0 radical (unpaired) electrons. The van der Waals surface area contributed by atoms with Crippen LogP contribution in [-0.2, 0) is 0 Å². The van der Waals surface area contributed by atoms with Crippen molar-refractivity contribution in [1.29, 1.82) is 0 Å². The van der Waals surface area contributed by atoms with Gasteiger partial charge < -0.3 is 4.90 Å². The summed E-state index contributed by atoms with van der Waals surface area (Å²) in [5.41, 5.74) is 1.15. The number of hydrogen-bond acceptors (Lipinski definition) is 4. The fourth-order valence-corrected chi connectivity index (χ4v) is 2.32. The summed E-state index contributed by atoms with van der Waals surface area (Å²) in [6, 6.07) is 0. The quantitative estimate of drug-likeness (QED) is 0.713. The summed E-state index contributed by atoms with van der Waals surface area (Å²) in [5.74, 6) is 0.708. The lowest BCUT2D eigenvalue weighted by molar-refractivity contribution is 0.919. The Morgan fingerprint density at radius 2 is 2.29 bits per heavy atom. The van der Waals surface area contributed by atoms with Crippen LogP contribution >= 0.6 is 11.3 Å². The van der Waals surface area contributed by atoms with Gasteiger partial charge in [-0.15, -0.1) is 10.2 Å². The van der Waals surface area contributed by atoms with Gasteiger partial charge in [-0.3, -0.25) is 0 Å². The molecule has 1 saturated carbocycles. The van der Waals surface area contributed by atoms with Crippen LogP contribution in [0.2, 0.25) is 0 Å². The van der Waals surface area contributed by atoms with E-state index in [4.69, 9.17) is 0 Å². The number of hydrogen-bond donors (Lipinski definition) is 0. The molecule has 0 saturated heterocycles. The van der Waals surface area contributed by atoms with Crippen LogP contribution in [0.25, 0.3) is 0 Å². The fourth-order valence-electron chi connectivity index (χ4n) is 1.35. The van der Waals surface area contributed by atoms with Gasteiger partial charge in [0.15, 0.2) is 0 Å². The molecule has 0 N–H and O–H groups in total. The topological polar surface area (TPSA) is 29.0 Å². The molecule has 1 aromatic heterocycles. The van der Waals surface area contributed by atoms with Crippen molar-refractivity contribution in [3.05, 3.63) is 17.2 Å². The maximum Gasteiger partial charge on any atom is 0.208 e. The highest BCUT2D eigenvalue weighted by Crippen LogP contribution is 2.42. The first-order valence-electron chi connectivity index (χ1n) is 4.85. The van der Waals surface area contributed by atoms with Crippen LogP contribution in [0.1, 0.15) is 30.7 Å². The van der Waals surface area contributed by atoms with Gasteiger partial charge in [0.2, 0.25) is 5.13 Å². The first kappa shape index (κ1) is 9.65. The number of rotatable bonds is 4. The van der Waals surface area contributed by atoms with Crippen molar-refractivity contribution in [1.82, 2.24) is 10.2 Å². The SMILES string of the molecule is C=C(C)CN(C)c1nnc(C2CC2)s1. The molecule has 1 aliphatic carbocycles. The minimum absolute atomic E-state index is 0.708. The largest absolute Gasteiger partial charge is 0.346 e. The van der Waals surface area contributed by atoms with E-state index in [9.17, 15) is 0 Å². The Bertz CT molecular complexity index is 341. The average Bonchev–Trinajstić information content (AvgIpc) is 2.82. The van der Waals surface area contributed by atoms with Gasteiger partial charge in [-0.05, 0) is 19.8 Å². The number of likely N-dealkylation sites (N-methyl/N-ethyl adjacent to an activating group) is 1. The monoisotopic (exact) mass is 209 g/mol. The van der Waals surface area contributed by atoms with E-state index in [0.717, 1.165) is 17.2 Å². The molecule has 4 heteroatoms. The van der Waals surface area contributed by atoms with Crippen LogP contribution in [0.3, 0.4) is 0 Å². The third-order valence-corrected chi connectivity index (χ3v) is 3.39. The maximum absolute atomic E-state index is 4.20. The van der Waals surface area contributed by atoms with Crippen LogP contribution < -0.4 is 4.90 Å². The van der Waals surface area contributed by atoms with E-state index in [1.807, 2.05) is 14.0 Å². The van der Waals surface area contributed by atoms with Crippen LogP contribution in [0.5, 0.6) is 0 Å². The predicted molar refractivity (Wildman–Crippen MR) is 60.0 cm³/mol. The Labute approximate surface area is 88.5 Å². The van der Waals surface area contributed by atoms with E-state index >= 15 is 0 Å². The molecule has 2 rings (SSSR count). The number of anilines is 1. The molecule has 0 spiro atoms. The number of aromatic nitrogens is 2. The summed E-state index contributed by atoms with van der Waals surface area (Å²) in [6.07, 6.45) is 2.58. The zero-order chi connectivity index (χ0) is 10.1. The van der Waals surface area contributed by atoms with Gasteiger partial charge in [0.25, 0.3) is 0 Å². The second-order valence-corrected chi connectivity index (χ2v) is 5.00. The average molecular weight is 209 g/mol. The molecular formula is C10H15N3S. The standard InChI is InChI=1S/C10H15N3S/c1-7(2)6-13(3)10-12-11-9(14-10)8-4-5-8/h8H,1,4-6H2,2-3H3. The predicted octanol–water partition coefficient (Wildman–Crippen LogP) is 2.43. The van der Waals surface area contributed by atoms with Crippen molar-refractivity contribution in [2.24, 2.45) is 0 Å². The third-order valence-electron chi connectivity index (χ3n) is 2.19. The van der Waals surface area contributed by atoms with Gasteiger partial charge >= 0.3 is 0 Å². The summed E-state index contributed by atoms with van der Waals surface area (Å²) in [4.78, 5) is 2.10. The van der Waals surface area contributed by atoms with E-state index in [1.165, 1.54) is 17.8 Å². The molecule has 0 atom stereocenters. The van der Waals surface area contributed by atoms with E-state index in [0.29, 0.717) is 5.92 Å². The van der Waals surface area contributed by atoms with Gasteiger partial charge in [0, 0.05) is 19.5 Å². The Kier molecular flexibility index (Phi) is 2.54. The van der Waals surface area contributed by atoms with Crippen LogP contribution in [0.15, 0.2) is 12.2 Å². The summed E-state index contributed by atoms with van der Waals surface area (Å²) in [6.45, 7) is 6.78. The molecule has 0 aliphatic heterocycles. The van der Waals surface area contributed by atoms with E-state index < -0.39 is 0 Å². The Hall–Kier alpha value is -0.900. The van der Waals surface area contributed by atoms with Crippen LogP contribution in [-0.4, -0.2) is 23.8 Å². The molecule has 1 aliphatic rings. The molecule has 0 bridgehead atoms. The van der Waals surface area contributed by atoms with Crippen molar-refractivity contribution >= 4 is 16.5 Å². The zero-order valence-corrected chi connectivity index (χ0v) is 9.47. The Balaban J connectivity index is 2.03. The van der Waals surface area contributed by atoms with Gasteiger partial charge in [0.1, 0.15) is 5.01 Å². The first-order chi connectivity index (χ1) is 6.66. The lowest BCUT2D eigenvalue weighted by Gasteiger charge is -2.13. The smallest absolute Gasteiger partial charge is 0.208 e. The van der Waals surface area contributed by atoms with Gasteiger partial charge in [-0.2, -0.15) is 0 Å². The minimum atomic E-state index is 0.708. The number of nitrogens with zero attached hydrogens (tertiary/aromatic N) is 3. The van der Waals surface area contributed by atoms with E-state index in [1.54, 1.807) is 11.3 Å². The molecule has 1 fully saturated rings. The van der Waals surface area contributed by atoms with E-state index in [2.05, 4.69) is 21.7 Å². The van der Waals surface area contributed by atoms with Gasteiger partial charge in [0.05, 0.1) is 0 Å². The molecule has 76 valence electrons. The molecule has 0 amide bonds. The summed E-state index contributed by atoms with van der Waals surface area (Å²) in [5, 5.41) is 10.6. The second kappa shape index (κ2) is 3.69. The maximum atomic E-state index is 4.20. The van der Waals surface area contributed by atoms with Crippen LogP contribution in [0, 0.1) is 0 Å². The van der Waals surface area contributed by atoms with Gasteiger partial charge in [-0.1, -0.05) is 23.5 Å². The van der Waals surface area contributed by atoms with Crippen molar-refractivity contribution in [3.8, 4) is 0 Å². The lowest BCUT2D eigenvalue weighted by Crippen LogP contribution is -2.18. The van der Waals surface area contributed by atoms with Crippen LogP contribution in [0.4, 0.5) is 5.13 Å². The second-order valence-electron chi connectivity index (χ2n) is 4.01. The lowest BCUT2D eigenvalue weighted by atomic mass is 10.3. The molecule has 0 unspecified atom stereocenters. The Morgan fingerprint density at radius 3 is 2.86 bits per heavy atom. The molecule has 3 nitrogen and oxygen atoms in total. The first-order valence-corrected chi connectivity index (χ1v) is 5.67. The van der Waals surface area contributed by atoms with Gasteiger partial charge in [-0.25, -0.2) is 0 Å². The van der Waals surface area contributed by atoms with Crippen molar-refractivity contribution in [3.63, 3.8) is 0 Å². The Morgan fingerprint density at radius 1 is 1.57 bits per heavy atom. The normalized spacial score (nSPS) is 15.6. The molecular weight excluding hydrogens is 194 g/mol. The van der Waals surface area contributed by atoms with Crippen molar-refractivity contribution in [2.75, 3.05) is 18.5 Å². The minimum Gasteiger partial charge on any atom is -0.346 e. The third kappa shape index (κ3) is 2.12. The highest BCUT2D eigenvalue weighted by molar-refractivity contribution is 7.15.